The zero-order valence-electron chi connectivity index (χ0n) is 11.2. The van der Waals surface area contributed by atoms with Gasteiger partial charge in [0.25, 0.3) is 5.91 Å². The first-order chi connectivity index (χ1) is 10.5. The van der Waals surface area contributed by atoms with E-state index in [1.807, 2.05) is 0 Å². The molecule has 0 radical (unpaired) electrons. The van der Waals surface area contributed by atoms with Gasteiger partial charge >= 0.3 is 0 Å². The van der Waals surface area contributed by atoms with Crippen LogP contribution in [0.3, 0.4) is 0 Å². The van der Waals surface area contributed by atoms with Gasteiger partial charge in [0.2, 0.25) is 5.56 Å². The molecule has 1 amide bonds. The second-order valence-corrected chi connectivity index (χ2v) is 5.11. The van der Waals surface area contributed by atoms with Crippen LogP contribution < -0.4 is 10.9 Å². The fourth-order valence-corrected chi connectivity index (χ4v) is 2.35. The summed E-state index contributed by atoms with van der Waals surface area (Å²) in [7, 11) is 0. The zero-order chi connectivity index (χ0) is 15.7. The summed E-state index contributed by atoms with van der Waals surface area (Å²) < 4.78 is 13.7. The number of para-hydroxylation sites is 1. The lowest BCUT2D eigenvalue weighted by Crippen LogP contribution is -2.17. The molecule has 1 aromatic heterocycles. The summed E-state index contributed by atoms with van der Waals surface area (Å²) in [6.45, 7) is 0. The van der Waals surface area contributed by atoms with Crippen LogP contribution in [0.15, 0.2) is 53.3 Å². The first-order valence-corrected chi connectivity index (χ1v) is 6.81. The maximum Gasteiger partial charge on any atom is 0.256 e. The molecule has 6 heteroatoms. The summed E-state index contributed by atoms with van der Waals surface area (Å²) in [5, 5.41) is 3.31. The van der Waals surface area contributed by atoms with Crippen molar-refractivity contribution in [1.82, 2.24) is 4.98 Å². The highest BCUT2D eigenvalue weighted by atomic mass is 35.5. The van der Waals surface area contributed by atoms with Crippen LogP contribution in [0, 0.1) is 5.82 Å². The first-order valence-electron chi connectivity index (χ1n) is 6.43. The van der Waals surface area contributed by atoms with Gasteiger partial charge in [-0.15, -0.1) is 0 Å². The molecule has 0 aliphatic carbocycles. The average molecular weight is 317 g/mol. The molecule has 2 N–H and O–H groups in total. The van der Waals surface area contributed by atoms with Crippen molar-refractivity contribution in [2.45, 2.75) is 0 Å². The van der Waals surface area contributed by atoms with Crippen molar-refractivity contribution >= 4 is 34.1 Å². The number of aromatic nitrogens is 1. The number of aromatic amines is 1. The van der Waals surface area contributed by atoms with Crippen molar-refractivity contribution in [2.24, 2.45) is 0 Å². The number of nitrogens with one attached hydrogen (secondary N) is 2. The summed E-state index contributed by atoms with van der Waals surface area (Å²) in [6.07, 6.45) is 0. The number of amides is 1. The summed E-state index contributed by atoms with van der Waals surface area (Å²) in [5.41, 5.74) is 0.253. The maximum absolute atomic E-state index is 13.7. The van der Waals surface area contributed by atoms with Crippen LogP contribution in [0.4, 0.5) is 10.1 Å². The molecule has 0 spiro atoms. The Hall–Kier alpha value is -2.66. The quantitative estimate of drug-likeness (QED) is 0.759. The number of fused-ring (bicyclic) bond motifs is 1. The molecule has 4 nitrogen and oxygen atoms in total. The minimum atomic E-state index is -0.605. The number of benzene rings is 2. The van der Waals surface area contributed by atoms with Crippen molar-refractivity contribution in [1.29, 1.82) is 0 Å². The Bertz CT molecular complexity index is 937. The smallest absolute Gasteiger partial charge is 0.256 e. The molecule has 0 bridgehead atoms. The third kappa shape index (κ3) is 2.71. The Labute approximate surface area is 129 Å². The number of carbonyl (C=O) groups excluding carboxylic acids is 1. The highest BCUT2D eigenvalue weighted by Gasteiger charge is 2.14. The van der Waals surface area contributed by atoms with Gasteiger partial charge in [-0.3, -0.25) is 9.59 Å². The van der Waals surface area contributed by atoms with Crippen LogP contribution in [0.25, 0.3) is 10.9 Å². The molecule has 0 aliphatic heterocycles. The van der Waals surface area contributed by atoms with Crippen LogP contribution in [0.1, 0.15) is 10.4 Å². The lowest BCUT2D eigenvalue weighted by atomic mass is 10.1. The van der Waals surface area contributed by atoms with Gasteiger partial charge in [-0.2, -0.15) is 0 Å². The van der Waals surface area contributed by atoms with Crippen molar-refractivity contribution in [3.05, 3.63) is 75.3 Å². The number of hydrogen-bond acceptors (Lipinski definition) is 2. The minimum Gasteiger partial charge on any atom is -0.322 e. The molecule has 110 valence electrons. The average Bonchev–Trinajstić information content (AvgIpc) is 2.50. The monoisotopic (exact) mass is 316 g/mol. The van der Waals surface area contributed by atoms with E-state index >= 15 is 0 Å². The number of halogens is 2. The molecule has 3 aromatic rings. The van der Waals surface area contributed by atoms with Gasteiger partial charge in [-0.25, -0.2) is 4.39 Å². The fraction of sp³-hybridized carbons (Fsp3) is 0. The van der Waals surface area contributed by atoms with Gasteiger partial charge in [0.15, 0.2) is 0 Å². The van der Waals surface area contributed by atoms with E-state index in [9.17, 15) is 14.0 Å². The third-order valence-corrected chi connectivity index (χ3v) is 3.41. The molecule has 0 unspecified atom stereocenters. The maximum atomic E-state index is 13.7. The van der Waals surface area contributed by atoms with Crippen molar-refractivity contribution in [3.63, 3.8) is 0 Å². The van der Waals surface area contributed by atoms with Crippen LogP contribution in [0.5, 0.6) is 0 Å². The molecule has 0 atom stereocenters. The van der Waals surface area contributed by atoms with E-state index in [-0.39, 0.29) is 11.3 Å². The van der Waals surface area contributed by atoms with E-state index in [1.165, 1.54) is 18.2 Å². The molecule has 2 aromatic carbocycles. The number of rotatable bonds is 2. The van der Waals surface area contributed by atoms with E-state index in [4.69, 9.17) is 11.6 Å². The lowest BCUT2D eigenvalue weighted by Gasteiger charge is -2.09. The van der Waals surface area contributed by atoms with Gasteiger partial charge in [0, 0.05) is 22.0 Å². The van der Waals surface area contributed by atoms with Gasteiger partial charge in [0.05, 0.1) is 11.3 Å². The summed E-state index contributed by atoms with van der Waals surface area (Å²) >= 11 is 5.79. The molecular weight excluding hydrogens is 307 g/mol. The molecule has 0 fully saturated rings. The molecule has 22 heavy (non-hydrogen) atoms. The second-order valence-electron chi connectivity index (χ2n) is 4.67. The van der Waals surface area contributed by atoms with E-state index in [1.54, 1.807) is 24.3 Å². The van der Waals surface area contributed by atoms with Crippen LogP contribution in [-0.2, 0) is 0 Å². The van der Waals surface area contributed by atoms with E-state index in [2.05, 4.69) is 10.3 Å². The number of hydrogen-bond donors (Lipinski definition) is 2. The minimum absolute atomic E-state index is 0.0399. The molecule has 0 saturated carbocycles. The molecule has 3 rings (SSSR count). The summed E-state index contributed by atoms with van der Waals surface area (Å²) in [5.74, 6) is -1.18. The van der Waals surface area contributed by atoms with Crippen LogP contribution in [0.2, 0.25) is 5.02 Å². The molecule has 0 saturated heterocycles. The largest absolute Gasteiger partial charge is 0.322 e. The van der Waals surface area contributed by atoms with E-state index in [0.717, 1.165) is 6.07 Å². The Morgan fingerprint density at radius 2 is 1.91 bits per heavy atom. The predicted octanol–water partition coefficient (Wildman–Crippen LogP) is 3.57. The number of H-pyrrole nitrogens is 1. The van der Waals surface area contributed by atoms with E-state index in [0.29, 0.717) is 15.9 Å². The summed E-state index contributed by atoms with van der Waals surface area (Å²) in [4.78, 5) is 26.7. The van der Waals surface area contributed by atoms with Crippen LogP contribution in [-0.4, -0.2) is 10.9 Å². The van der Waals surface area contributed by atoms with Gasteiger partial charge in [-0.05, 0) is 24.3 Å². The highest BCUT2D eigenvalue weighted by Crippen LogP contribution is 2.21. The first kappa shape index (κ1) is 14.3. The second kappa shape index (κ2) is 5.61. The number of pyridine rings is 1. The Morgan fingerprint density at radius 1 is 1.14 bits per heavy atom. The van der Waals surface area contributed by atoms with Crippen molar-refractivity contribution in [3.8, 4) is 0 Å². The van der Waals surface area contributed by atoms with Crippen molar-refractivity contribution in [2.75, 3.05) is 5.32 Å². The fourth-order valence-electron chi connectivity index (χ4n) is 2.18. The standard InChI is InChI=1S/C16H10ClFN2O2/c17-9-5-6-12(18)14(7-9)20-16(22)11-8-15(21)19-13-4-2-1-3-10(11)13/h1-8H,(H,19,21)(H,20,22). The van der Waals surface area contributed by atoms with Crippen LogP contribution >= 0.6 is 11.6 Å². The van der Waals surface area contributed by atoms with Gasteiger partial charge < -0.3 is 10.3 Å². The molecule has 1 heterocycles. The SMILES string of the molecule is O=C(Nc1cc(Cl)ccc1F)c1cc(=O)[nH]c2ccccc12. The molecule has 0 aliphatic rings. The third-order valence-electron chi connectivity index (χ3n) is 3.17. The normalized spacial score (nSPS) is 10.6. The lowest BCUT2D eigenvalue weighted by molar-refractivity contribution is 0.102. The van der Waals surface area contributed by atoms with Gasteiger partial charge in [-0.1, -0.05) is 29.8 Å². The summed E-state index contributed by atoms with van der Waals surface area (Å²) in [6, 6.07) is 11.9. The Kier molecular flexibility index (Phi) is 3.65. The zero-order valence-corrected chi connectivity index (χ0v) is 11.9. The topological polar surface area (TPSA) is 62.0 Å². The van der Waals surface area contributed by atoms with E-state index < -0.39 is 17.3 Å². The number of carbonyl (C=O) groups is 1. The number of anilines is 1. The molecular formula is C16H10ClFN2O2. The van der Waals surface area contributed by atoms with Gasteiger partial charge in [0.1, 0.15) is 5.82 Å². The Balaban J connectivity index is 2.06. The Morgan fingerprint density at radius 3 is 2.73 bits per heavy atom. The predicted molar refractivity (Wildman–Crippen MR) is 83.9 cm³/mol. The highest BCUT2D eigenvalue weighted by molar-refractivity contribution is 6.31. The van der Waals surface area contributed by atoms with Crippen molar-refractivity contribution < 1.29 is 9.18 Å².